The highest BCUT2D eigenvalue weighted by molar-refractivity contribution is 5.16. The molecule has 2 heterocycles. The summed E-state index contributed by atoms with van der Waals surface area (Å²) in [7, 11) is 0. The Hall–Kier alpha value is -0.110. The average Bonchev–Trinajstić information content (AvgIpc) is 2.62. The second-order valence-electron chi connectivity index (χ2n) is 6.12. The Kier molecular flexibility index (Phi) is 1.65. The van der Waals surface area contributed by atoms with Crippen LogP contribution in [0.1, 0.15) is 39.5 Å². The number of hydrogen-bond acceptors (Lipinski definition) is 1. The molecule has 1 aliphatic carbocycles. The molecule has 0 radical (unpaired) electrons. The Morgan fingerprint density at radius 1 is 1.36 bits per heavy atom. The number of nitrogens with zero attached hydrogens (tertiary/aromatic N) is 1. The lowest BCUT2D eigenvalue weighted by Gasteiger charge is -2.35. The molecule has 3 rings (SSSR count). The Morgan fingerprint density at radius 2 is 2.07 bits per heavy atom. The van der Waals surface area contributed by atoms with E-state index < -0.39 is 6.17 Å². The monoisotopic (exact) mass is 197 g/mol. The molecular formula is C12H20FN. The van der Waals surface area contributed by atoms with Gasteiger partial charge in [0.1, 0.15) is 6.17 Å². The second kappa shape index (κ2) is 2.52. The predicted octanol–water partition coefficient (Wildman–Crippen LogP) is 2.61. The van der Waals surface area contributed by atoms with Gasteiger partial charge in [-0.15, -0.1) is 0 Å². The number of rotatable bonds is 1. The third-order valence-electron chi connectivity index (χ3n) is 4.86. The third kappa shape index (κ3) is 1.04. The molecular weight excluding hydrogens is 177 g/mol. The summed E-state index contributed by atoms with van der Waals surface area (Å²) in [6.45, 7) is 6.43. The van der Waals surface area contributed by atoms with E-state index in [9.17, 15) is 4.39 Å². The van der Waals surface area contributed by atoms with E-state index in [-0.39, 0.29) is 5.54 Å². The van der Waals surface area contributed by atoms with E-state index in [1.807, 2.05) is 0 Å². The summed E-state index contributed by atoms with van der Waals surface area (Å²) in [5.74, 6) is 0.614. The highest BCUT2D eigenvalue weighted by atomic mass is 19.1. The summed E-state index contributed by atoms with van der Waals surface area (Å²) in [5, 5.41) is 0. The van der Waals surface area contributed by atoms with Crippen molar-refractivity contribution in [2.75, 3.05) is 13.1 Å². The van der Waals surface area contributed by atoms with Gasteiger partial charge in [0.25, 0.3) is 0 Å². The zero-order chi connectivity index (χ0) is 9.97. The van der Waals surface area contributed by atoms with Crippen molar-refractivity contribution in [3.63, 3.8) is 0 Å². The molecule has 1 nitrogen and oxygen atoms in total. The quantitative estimate of drug-likeness (QED) is 0.624. The van der Waals surface area contributed by atoms with Gasteiger partial charge < -0.3 is 0 Å². The number of fused-ring (bicyclic) bond motifs is 1. The van der Waals surface area contributed by atoms with Crippen molar-refractivity contribution in [3.05, 3.63) is 0 Å². The fourth-order valence-electron chi connectivity index (χ4n) is 3.83. The van der Waals surface area contributed by atoms with Gasteiger partial charge in [-0.25, -0.2) is 4.39 Å². The Labute approximate surface area is 85.7 Å². The Morgan fingerprint density at radius 3 is 2.57 bits per heavy atom. The van der Waals surface area contributed by atoms with E-state index in [1.54, 1.807) is 0 Å². The van der Waals surface area contributed by atoms with Crippen LogP contribution < -0.4 is 0 Å². The summed E-state index contributed by atoms with van der Waals surface area (Å²) in [6, 6.07) is 0. The number of halogens is 1. The van der Waals surface area contributed by atoms with Gasteiger partial charge in [0.2, 0.25) is 0 Å². The first-order valence-electron chi connectivity index (χ1n) is 5.96. The van der Waals surface area contributed by atoms with Gasteiger partial charge in [-0.1, -0.05) is 13.8 Å². The maximum atomic E-state index is 13.5. The lowest BCUT2D eigenvalue weighted by Crippen LogP contribution is -2.42. The van der Waals surface area contributed by atoms with Crippen molar-refractivity contribution in [1.29, 1.82) is 0 Å². The highest BCUT2D eigenvalue weighted by Crippen LogP contribution is 2.62. The van der Waals surface area contributed by atoms with Crippen LogP contribution in [0.2, 0.25) is 0 Å². The van der Waals surface area contributed by atoms with Gasteiger partial charge in [-0.3, -0.25) is 4.90 Å². The topological polar surface area (TPSA) is 3.24 Å². The summed E-state index contributed by atoms with van der Waals surface area (Å²) in [4.78, 5) is 2.47. The molecule has 0 N–H and O–H groups in total. The zero-order valence-corrected chi connectivity index (χ0v) is 9.22. The van der Waals surface area contributed by atoms with Crippen molar-refractivity contribution < 1.29 is 4.39 Å². The molecule has 80 valence electrons. The first-order chi connectivity index (χ1) is 6.56. The van der Waals surface area contributed by atoms with Crippen molar-refractivity contribution in [2.24, 2.45) is 11.3 Å². The van der Waals surface area contributed by atoms with Crippen molar-refractivity contribution >= 4 is 0 Å². The molecule has 2 aliphatic heterocycles. The van der Waals surface area contributed by atoms with Crippen LogP contribution in [-0.4, -0.2) is 29.7 Å². The van der Waals surface area contributed by atoms with E-state index in [0.29, 0.717) is 17.9 Å². The maximum Gasteiger partial charge on any atom is 0.115 e. The van der Waals surface area contributed by atoms with Crippen LogP contribution in [0.5, 0.6) is 0 Å². The molecule has 2 heteroatoms. The smallest absolute Gasteiger partial charge is 0.115 e. The molecule has 14 heavy (non-hydrogen) atoms. The molecule has 0 aromatic carbocycles. The SMILES string of the molecule is CC(C)[C@]12C[C@@H](F)CN1CC1(CC1)C2. The molecule has 2 saturated heterocycles. The van der Waals surface area contributed by atoms with Gasteiger partial charge in [-0.2, -0.15) is 0 Å². The van der Waals surface area contributed by atoms with E-state index in [2.05, 4.69) is 18.7 Å². The Balaban J connectivity index is 1.90. The van der Waals surface area contributed by atoms with Gasteiger partial charge in [0.05, 0.1) is 0 Å². The minimum absolute atomic E-state index is 0.232. The van der Waals surface area contributed by atoms with Crippen LogP contribution in [0.25, 0.3) is 0 Å². The molecule has 0 aromatic heterocycles. The summed E-state index contributed by atoms with van der Waals surface area (Å²) < 4.78 is 13.5. The molecule has 0 unspecified atom stereocenters. The molecule has 3 fully saturated rings. The van der Waals surface area contributed by atoms with Crippen LogP contribution in [0.4, 0.5) is 4.39 Å². The average molecular weight is 197 g/mol. The van der Waals surface area contributed by atoms with Crippen LogP contribution >= 0.6 is 0 Å². The largest absolute Gasteiger partial charge is 0.294 e. The molecule has 0 bridgehead atoms. The molecule has 3 aliphatic rings. The van der Waals surface area contributed by atoms with Gasteiger partial charge >= 0.3 is 0 Å². The van der Waals surface area contributed by atoms with Crippen molar-refractivity contribution in [2.45, 2.75) is 51.2 Å². The Bertz CT molecular complexity index is 259. The normalized spacial score (nSPS) is 45.0. The predicted molar refractivity (Wildman–Crippen MR) is 54.9 cm³/mol. The van der Waals surface area contributed by atoms with Crippen LogP contribution in [0, 0.1) is 11.3 Å². The van der Waals surface area contributed by atoms with E-state index in [1.165, 1.54) is 25.8 Å². The minimum atomic E-state index is -0.562. The molecule has 0 aromatic rings. The summed E-state index contributed by atoms with van der Waals surface area (Å²) >= 11 is 0. The van der Waals surface area contributed by atoms with E-state index >= 15 is 0 Å². The molecule has 2 atom stereocenters. The van der Waals surface area contributed by atoms with Crippen molar-refractivity contribution in [1.82, 2.24) is 4.90 Å². The first-order valence-corrected chi connectivity index (χ1v) is 5.96. The standard InChI is InChI=1S/C12H20FN/c1-9(2)12-5-10(13)6-14(12)8-11(7-12)3-4-11/h9-10H,3-8H2,1-2H3/t10-,12-/m1/s1. The molecule has 0 amide bonds. The number of alkyl halides is 1. The maximum absolute atomic E-state index is 13.5. The van der Waals surface area contributed by atoms with Crippen LogP contribution in [-0.2, 0) is 0 Å². The minimum Gasteiger partial charge on any atom is -0.294 e. The van der Waals surface area contributed by atoms with Crippen molar-refractivity contribution in [3.8, 4) is 0 Å². The summed E-state index contributed by atoms with van der Waals surface area (Å²) in [6.07, 6.45) is 4.31. The lowest BCUT2D eigenvalue weighted by molar-refractivity contribution is 0.136. The fraction of sp³-hybridized carbons (Fsp3) is 1.00. The second-order valence-corrected chi connectivity index (χ2v) is 6.12. The van der Waals surface area contributed by atoms with E-state index in [0.717, 1.165) is 6.42 Å². The first kappa shape index (κ1) is 9.14. The van der Waals surface area contributed by atoms with E-state index in [4.69, 9.17) is 0 Å². The molecule has 1 saturated carbocycles. The summed E-state index contributed by atoms with van der Waals surface area (Å²) in [5.41, 5.74) is 0.861. The van der Waals surface area contributed by atoms with Crippen LogP contribution in [0.3, 0.4) is 0 Å². The third-order valence-corrected chi connectivity index (χ3v) is 4.86. The lowest BCUT2D eigenvalue weighted by atomic mass is 9.79. The zero-order valence-electron chi connectivity index (χ0n) is 9.22. The fourth-order valence-corrected chi connectivity index (χ4v) is 3.83. The van der Waals surface area contributed by atoms with Gasteiger partial charge in [0.15, 0.2) is 0 Å². The molecule has 1 spiro atoms. The van der Waals surface area contributed by atoms with Gasteiger partial charge in [-0.05, 0) is 37.0 Å². The number of hydrogen-bond donors (Lipinski definition) is 0. The van der Waals surface area contributed by atoms with Gasteiger partial charge in [0, 0.05) is 18.6 Å². The van der Waals surface area contributed by atoms with Crippen LogP contribution in [0.15, 0.2) is 0 Å². The highest BCUT2D eigenvalue weighted by Gasteiger charge is 2.62.